The Kier molecular flexibility index (Phi) is 7.63. The van der Waals surface area contributed by atoms with Gasteiger partial charge < -0.3 is 5.73 Å². The summed E-state index contributed by atoms with van der Waals surface area (Å²) >= 11 is 12.0. The number of amides is 1. The highest BCUT2D eigenvalue weighted by atomic mass is 35.5. The number of ketones is 1. The van der Waals surface area contributed by atoms with Gasteiger partial charge in [-0.2, -0.15) is 0 Å². The lowest BCUT2D eigenvalue weighted by molar-refractivity contribution is -0.131. The Balaban J connectivity index is 1.60. The summed E-state index contributed by atoms with van der Waals surface area (Å²) in [6, 6.07) is 13.1. The summed E-state index contributed by atoms with van der Waals surface area (Å²) in [5.74, 6) is 0.641. The molecular weight excluding hydrogens is 445 g/mol. The number of Topliss-reactive ketones (excluding diaryl/α,β-unsaturated/α-hetero) is 1. The van der Waals surface area contributed by atoms with E-state index in [1.54, 1.807) is 12.1 Å². The number of rotatable bonds is 9. The van der Waals surface area contributed by atoms with Crippen LogP contribution in [-0.2, 0) is 29.0 Å². The number of benzene rings is 2. The number of aryl methyl sites for hydroxylation is 1. The van der Waals surface area contributed by atoms with Crippen LogP contribution in [0.5, 0.6) is 0 Å². The maximum absolute atomic E-state index is 13.0. The normalized spacial score (nSPS) is 18.4. The van der Waals surface area contributed by atoms with Gasteiger partial charge in [0.05, 0.1) is 16.6 Å². The molecule has 2 aromatic carbocycles. The molecule has 0 fully saturated rings. The number of guanidine groups is 1. The van der Waals surface area contributed by atoms with Crippen molar-refractivity contribution in [3.05, 3.63) is 69.2 Å². The van der Waals surface area contributed by atoms with Crippen LogP contribution in [0.15, 0.2) is 47.5 Å². The maximum atomic E-state index is 13.0. The van der Waals surface area contributed by atoms with Crippen molar-refractivity contribution in [1.29, 1.82) is 0 Å². The van der Waals surface area contributed by atoms with Crippen molar-refractivity contribution in [2.45, 2.75) is 58.5 Å². The number of nitrogens with zero attached hydrogens (tertiary/aromatic N) is 2. The lowest BCUT2D eigenvalue weighted by atomic mass is 9.91. The van der Waals surface area contributed by atoms with Crippen molar-refractivity contribution in [2.24, 2.45) is 16.6 Å². The minimum atomic E-state index is -0.809. The second kappa shape index (κ2) is 10.1. The third-order valence-electron chi connectivity index (χ3n) is 5.56. The summed E-state index contributed by atoms with van der Waals surface area (Å²) in [4.78, 5) is 31.5. The number of aliphatic imine (C=N–C) groups is 1. The molecule has 0 bridgehead atoms. The molecule has 5 nitrogen and oxygen atoms in total. The van der Waals surface area contributed by atoms with Crippen LogP contribution in [0.1, 0.15) is 50.3 Å². The third kappa shape index (κ3) is 5.90. The molecule has 2 aromatic rings. The minimum Gasteiger partial charge on any atom is -0.369 e. The SMILES string of the molecule is CC(C)CC1(C)N=C(N)N(Cc2cccc(CC(=O)CCc3ccc(Cl)c(Cl)c3)c2)C1=O. The Labute approximate surface area is 199 Å². The summed E-state index contributed by atoms with van der Waals surface area (Å²) in [6.45, 7) is 6.31. The van der Waals surface area contributed by atoms with Crippen LogP contribution in [0, 0.1) is 5.92 Å². The Bertz CT molecular complexity index is 1050. The van der Waals surface area contributed by atoms with Crippen LogP contribution in [0.4, 0.5) is 0 Å². The lowest BCUT2D eigenvalue weighted by Crippen LogP contribution is -2.43. The zero-order valence-electron chi connectivity index (χ0n) is 18.7. The first-order valence-electron chi connectivity index (χ1n) is 10.8. The van der Waals surface area contributed by atoms with Gasteiger partial charge in [-0.25, -0.2) is 4.99 Å². The van der Waals surface area contributed by atoms with E-state index >= 15 is 0 Å². The van der Waals surface area contributed by atoms with Crippen molar-refractivity contribution in [3.8, 4) is 0 Å². The lowest BCUT2D eigenvalue weighted by Gasteiger charge is -2.23. The third-order valence-corrected chi connectivity index (χ3v) is 6.30. The molecule has 7 heteroatoms. The van der Waals surface area contributed by atoms with Gasteiger partial charge in [0.2, 0.25) is 0 Å². The van der Waals surface area contributed by atoms with Gasteiger partial charge in [0.1, 0.15) is 11.3 Å². The number of carbonyl (C=O) groups excluding carboxylic acids is 2. The topological polar surface area (TPSA) is 75.8 Å². The molecule has 1 amide bonds. The van der Waals surface area contributed by atoms with Crippen LogP contribution in [0.25, 0.3) is 0 Å². The molecule has 1 aliphatic rings. The van der Waals surface area contributed by atoms with Gasteiger partial charge in [-0.3, -0.25) is 14.5 Å². The highest BCUT2D eigenvalue weighted by molar-refractivity contribution is 6.42. The Morgan fingerprint density at radius 3 is 2.50 bits per heavy atom. The highest BCUT2D eigenvalue weighted by Crippen LogP contribution is 2.29. The highest BCUT2D eigenvalue weighted by Gasteiger charge is 2.44. The van der Waals surface area contributed by atoms with Crippen molar-refractivity contribution in [2.75, 3.05) is 0 Å². The molecule has 3 rings (SSSR count). The van der Waals surface area contributed by atoms with Crippen LogP contribution in [0.3, 0.4) is 0 Å². The fraction of sp³-hybridized carbons (Fsp3) is 0.400. The Hall–Kier alpha value is -2.37. The van der Waals surface area contributed by atoms with E-state index in [-0.39, 0.29) is 17.6 Å². The first kappa shape index (κ1) is 24.3. The quantitative estimate of drug-likeness (QED) is 0.543. The van der Waals surface area contributed by atoms with E-state index in [0.717, 1.165) is 16.7 Å². The molecule has 0 saturated heterocycles. The fourth-order valence-electron chi connectivity index (χ4n) is 4.15. The summed E-state index contributed by atoms with van der Waals surface area (Å²) in [7, 11) is 0. The van der Waals surface area contributed by atoms with E-state index in [0.29, 0.717) is 48.2 Å². The van der Waals surface area contributed by atoms with Gasteiger partial charge in [0, 0.05) is 12.8 Å². The van der Waals surface area contributed by atoms with E-state index in [1.807, 2.05) is 37.3 Å². The first-order valence-corrected chi connectivity index (χ1v) is 11.5. The van der Waals surface area contributed by atoms with Gasteiger partial charge in [0.15, 0.2) is 5.96 Å². The van der Waals surface area contributed by atoms with Crippen molar-refractivity contribution in [1.82, 2.24) is 4.90 Å². The standard InChI is InChI=1S/C25H29Cl2N3O2/c1-16(2)14-25(3)23(32)30(24(28)29-25)15-19-6-4-5-18(11-19)12-20(31)9-7-17-8-10-21(26)22(27)13-17/h4-6,8,10-11,13,16H,7,9,12,14-15H2,1-3H3,(H2,28,29). The van der Waals surface area contributed by atoms with Crippen LogP contribution in [-0.4, -0.2) is 28.1 Å². The molecule has 0 aliphatic carbocycles. The molecule has 0 radical (unpaired) electrons. The predicted octanol–water partition coefficient (Wildman–Crippen LogP) is 5.20. The smallest absolute Gasteiger partial charge is 0.257 e. The Morgan fingerprint density at radius 2 is 1.81 bits per heavy atom. The van der Waals surface area contributed by atoms with Crippen LogP contribution >= 0.6 is 23.2 Å². The largest absolute Gasteiger partial charge is 0.369 e. The second-order valence-corrected chi connectivity index (χ2v) is 9.83. The van der Waals surface area contributed by atoms with Crippen molar-refractivity contribution >= 4 is 40.9 Å². The van der Waals surface area contributed by atoms with Gasteiger partial charge in [-0.15, -0.1) is 0 Å². The predicted molar refractivity (Wildman–Crippen MR) is 130 cm³/mol. The average molecular weight is 474 g/mol. The van der Waals surface area contributed by atoms with Crippen LogP contribution in [0.2, 0.25) is 10.0 Å². The zero-order chi connectivity index (χ0) is 23.5. The Morgan fingerprint density at radius 1 is 1.09 bits per heavy atom. The molecule has 0 aromatic heterocycles. The molecule has 1 atom stereocenters. The van der Waals surface area contributed by atoms with Gasteiger partial charge in [0.25, 0.3) is 5.91 Å². The van der Waals surface area contributed by atoms with Gasteiger partial charge in [-0.1, -0.05) is 67.4 Å². The molecule has 2 N–H and O–H groups in total. The van der Waals surface area contributed by atoms with E-state index < -0.39 is 5.54 Å². The molecule has 1 heterocycles. The second-order valence-electron chi connectivity index (χ2n) is 9.02. The van der Waals surface area contributed by atoms with E-state index in [9.17, 15) is 9.59 Å². The number of nitrogens with two attached hydrogens (primary N) is 1. The average Bonchev–Trinajstić information content (AvgIpc) is 2.91. The van der Waals surface area contributed by atoms with E-state index in [4.69, 9.17) is 28.9 Å². The summed E-state index contributed by atoms with van der Waals surface area (Å²) in [6.07, 6.45) is 2.01. The van der Waals surface area contributed by atoms with Crippen molar-refractivity contribution < 1.29 is 9.59 Å². The summed E-state index contributed by atoms with van der Waals surface area (Å²) in [5.41, 5.74) is 8.08. The monoisotopic (exact) mass is 473 g/mol. The first-order chi connectivity index (χ1) is 15.1. The number of hydrogen-bond donors (Lipinski definition) is 1. The van der Waals surface area contributed by atoms with E-state index in [1.165, 1.54) is 4.90 Å². The van der Waals surface area contributed by atoms with Gasteiger partial charge in [-0.05, 0) is 54.5 Å². The fourth-order valence-corrected chi connectivity index (χ4v) is 4.47. The molecule has 1 aliphatic heterocycles. The summed E-state index contributed by atoms with van der Waals surface area (Å²) in [5, 5.41) is 0.998. The number of hydrogen-bond acceptors (Lipinski definition) is 4. The van der Waals surface area contributed by atoms with Crippen molar-refractivity contribution in [3.63, 3.8) is 0 Å². The zero-order valence-corrected chi connectivity index (χ0v) is 20.2. The number of carbonyl (C=O) groups is 2. The minimum absolute atomic E-state index is 0.0770. The summed E-state index contributed by atoms with van der Waals surface area (Å²) < 4.78 is 0. The molecule has 1 unspecified atom stereocenters. The molecule has 32 heavy (non-hydrogen) atoms. The molecule has 170 valence electrons. The molecular formula is C25H29Cl2N3O2. The molecule has 0 saturated carbocycles. The maximum Gasteiger partial charge on any atom is 0.257 e. The molecule has 0 spiro atoms. The van der Waals surface area contributed by atoms with Crippen LogP contribution < -0.4 is 5.73 Å². The van der Waals surface area contributed by atoms with E-state index in [2.05, 4.69) is 18.8 Å². The van der Waals surface area contributed by atoms with Gasteiger partial charge >= 0.3 is 0 Å². The number of halogens is 2.